The number of para-hydroxylation sites is 1. The van der Waals surface area contributed by atoms with E-state index in [9.17, 15) is 13.2 Å². The standard InChI is InChI=1S/C25H25BrN2O4S/c1-18(19-8-10-21(26)11-9-19)27-25(29)17-32-22-12-14-23(15-13-22)33(30,31)28-16-4-6-20-5-2-3-7-24(20)28/h2-3,5,7-15,18H,4,6,16-17H2,1H3,(H,27,29)/t18-/m1/s1. The van der Waals surface area contributed by atoms with Crippen LogP contribution in [0, 0.1) is 0 Å². The van der Waals surface area contributed by atoms with Gasteiger partial charge in [0.25, 0.3) is 15.9 Å². The number of ether oxygens (including phenoxy) is 1. The van der Waals surface area contributed by atoms with E-state index in [0.717, 1.165) is 34.1 Å². The molecule has 3 aromatic rings. The van der Waals surface area contributed by atoms with Gasteiger partial charge in [-0.05, 0) is 73.4 Å². The maximum absolute atomic E-state index is 13.2. The average molecular weight is 529 g/mol. The van der Waals surface area contributed by atoms with E-state index in [0.29, 0.717) is 12.3 Å². The first-order valence-electron chi connectivity index (χ1n) is 10.7. The molecular formula is C25H25BrN2O4S. The van der Waals surface area contributed by atoms with Gasteiger partial charge in [-0.2, -0.15) is 0 Å². The smallest absolute Gasteiger partial charge is 0.264 e. The van der Waals surface area contributed by atoms with Crippen LogP contribution in [0.25, 0.3) is 0 Å². The van der Waals surface area contributed by atoms with Gasteiger partial charge in [0.2, 0.25) is 0 Å². The predicted molar refractivity (Wildman–Crippen MR) is 132 cm³/mol. The number of fused-ring (bicyclic) bond motifs is 1. The van der Waals surface area contributed by atoms with Crippen molar-refractivity contribution in [1.29, 1.82) is 0 Å². The van der Waals surface area contributed by atoms with Gasteiger partial charge >= 0.3 is 0 Å². The molecule has 0 bridgehead atoms. The van der Waals surface area contributed by atoms with Crippen molar-refractivity contribution in [2.75, 3.05) is 17.5 Å². The summed E-state index contributed by atoms with van der Waals surface area (Å²) in [4.78, 5) is 12.5. The maximum atomic E-state index is 13.2. The van der Waals surface area contributed by atoms with E-state index in [2.05, 4.69) is 21.2 Å². The molecule has 0 aromatic heterocycles. The van der Waals surface area contributed by atoms with Crippen molar-refractivity contribution in [3.05, 3.63) is 88.4 Å². The first-order chi connectivity index (χ1) is 15.8. The minimum Gasteiger partial charge on any atom is -0.484 e. The van der Waals surface area contributed by atoms with Gasteiger partial charge in [-0.3, -0.25) is 9.10 Å². The van der Waals surface area contributed by atoms with Crippen LogP contribution >= 0.6 is 15.9 Å². The first-order valence-corrected chi connectivity index (χ1v) is 13.0. The molecule has 172 valence electrons. The number of sulfonamides is 1. The van der Waals surface area contributed by atoms with Crippen molar-refractivity contribution in [3.8, 4) is 5.75 Å². The van der Waals surface area contributed by atoms with E-state index in [4.69, 9.17) is 4.74 Å². The van der Waals surface area contributed by atoms with Crippen molar-refractivity contribution in [2.45, 2.75) is 30.7 Å². The molecule has 0 aliphatic carbocycles. The molecule has 0 unspecified atom stereocenters. The summed E-state index contributed by atoms with van der Waals surface area (Å²) in [7, 11) is -3.68. The molecule has 1 atom stereocenters. The van der Waals surface area contributed by atoms with E-state index in [1.54, 1.807) is 12.1 Å². The van der Waals surface area contributed by atoms with Gasteiger partial charge in [-0.25, -0.2) is 8.42 Å². The number of nitrogens with one attached hydrogen (secondary N) is 1. The van der Waals surface area contributed by atoms with Crippen LogP contribution in [-0.4, -0.2) is 27.5 Å². The third-order valence-electron chi connectivity index (χ3n) is 5.60. The number of anilines is 1. The van der Waals surface area contributed by atoms with E-state index < -0.39 is 10.0 Å². The molecule has 0 fully saturated rings. The fourth-order valence-electron chi connectivity index (χ4n) is 3.85. The molecule has 8 heteroatoms. The average Bonchev–Trinajstić information content (AvgIpc) is 2.83. The van der Waals surface area contributed by atoms with Gasteiger partial charge < -0.3 is 10.1 Å². The summed E-state index contributed by atoms with van der Waals surface area (Å²) in [6, 6.07) is 21.4. The molecule has 0 saturated heterocycles. The van der Waals surface area contributed by atoms with Gasteiger partial charge in [0.1, 0.15) is 5.75 Å². The van der Waals surface area contributed by atoms with Gasteiger partial charge in [-0.1, -0.05) is 46.3 Å². The largest absolute Gasteiger partial charge is 0.484 e. The number of benzene rings is 3. The van der Waals surface area contributed by atoms with E-state index in [1.807, 2.05) is 55.5 Å². The number of carbonyl (C=O) groups excluding carboxylic acids is 1. The molecule has 0 spiro atoms. The second-order valence-electron chi connectivity index (χ2n) is 7.91. The molecular weight excluding hydrogens is 504 g/mol. The van der Waals surface area contributed by atoms with Crippen LogP contribution in [0.5, 0.6) is 5.75 Å². The monoisotopic (exact) mass is 528 g/mol. The SMILES string of the molecule is C[C@@H](NC(=O)COc1ccc(S(=O)(=O)N2CCCc3ccccc32)cc1)c1ccc(Br)cc1. The fraction of sp³-hybridized carbons (Fsp3) is 0.240. The van der Waals surface area contributed by atoms with E-state index >= 15 is 0 Å². The molecule has 4 rings (SSSR count). The molecule has 1 aliphatic rings. The van der Waals surface area contributed by atoms with Gasteiger partial charge in [-0.15, -0.1) is 0 Å². The zero-order chi connectivity index (χ0) is 23.4. The third kappa shape index (κ3) is 5.39. The van der Waals surface area contributed by atoms with Crippen molar-refractivity contribution in [3.63, 3.8) is 0 Å². The Kier molecular flexibility index (Phi) is 7.05. The summed E-state index contributed by atoms with van der Waals surface area (Å²) in [5.74, 6) is 0.173. The maximum Gasteiger partial charge on any atom is 0.264 e. The van der Waals surface area contributed by atoms with E-state index in [1.165, 1.54) is 16.4 Å². The van der Waals surface area contributed by atoms with Crippen LogP contribution in [0.1, 0.15) is 30.5 Å². The van der Waals surface area contributed by atoms with Crippen LogP contribution in [0.3, 0.4) is 0 Å². The summed E-state index contributed by atoms with van der Waals surface area (Å²) >= 11 is 3.40. The van der Waals surface area contributed by atoms with Gasteiger partial charge in [0.05, 0.1) is 16.6 Å². The fourth-order valence-corrected chi connectivity index (χ4v) is 5.66. The summed E-state index contributed by atoms with van der Waals surface area (Å²) in [6.45, 7) is 2.19. The Balaban J connectivity index is 1.37. The highest BCUT2D eigenvalue weighted by Gasteiger charge is 2.28. The molecule has 0 radical (unpaired) electrons. The van der Waals surface area contributed by atoms with Crippen LogP contribution in [0.15, 0.2) is 82.2 Å². The zero-order valence-corrected chi connectivity index (χ0v) is 20.6. The second kappa shape index (κ2) is 9.97. The molecule has 33 heavy (non-hydrogen) atoms. The molecule has 1 N–H and O–H groups in total. The van der Waals surface area contributed by atoms with Crippen LogP contribution < -0.4 is 14.4 Å². The van der Waals surface area contributed by atoms with Crippen LogP contribution in [0.2, 0.25) is 0 Å². The second-order valence-corrected chi connectivity index (χ2v) is 10.7. The lowest BCUT2D eigenvalue weighted by molar-refractivity contribution is -0.123. The Labute approximate surface area is 202 Å². The number of amides is 1. The lowest BCUT2D eigenvalue weighted by atomic mass is 10.0. The number of hydrogen-bond donors (Lipinski definition) is 1. The van der Waals surface area contributed by atoms with E-state index in [-0.39, 0.29) is 23.5 Å². The molecule has 1 heterocycles. The molecule has 6 nitrogen and oxygen atoms in total. The first kappa shape index (κ1) is 23.3. The minimum absolute atomic E-state index is 0.158. The highest BCUT2D eigenvalue weighted by molar-refractivity contribution is 9.10. The molecule has 1 aliphatic heterocycles. The lowest BCUT2D eigenvalue weighted by Crippen LogP contribution is -2.35. The zero-order valence-electron chi connectivity index (χ0n) is 18.2. The summed E-state index contributed by atoms with van der Waals surface area (Å²) in [5.41, 5.74) is 2.76. The van der Waals surface area contributed by atoms with Gasteiger partial charge in [0.15, 0.2) is 6.61 Å². The third-order valence-corrected chi connectivity index (χ3v) is 7.95. The Bertz CT molecular complexity index is 1230. The number of nitrogens with zero attached hydrogens (tertiary/aromatic N) is 1. The predicted octanol–water partition coefficient (Wildman–Crippen LogP) is 4.85. The highest BCUT2D eigenvalue weighted by atomic mass is 79.9. The number of rotatable bonds is 7. The van der Waals surface area contributed by atoms with Crippen LogP contribution in [-0.2, 0) is 21.2 Å². The lowest BCUT2D eigenvalue weighted by Gasteiger charge is -2.30. The Morgan fingerprint density at radius 1 is 1.06 bits per heavy atom. The molecule has 3 aromatic carbocycles. The Morgan fingerprint density at radius 2 is 1.76 bits per heavy atom. The quantitative estimate of drug-likeness (QED) is 0.475. The van der Waals surface area contributed by atoms with Crippen molar-refractivity contribution < 1.29 is 17.9 Å². The number of halogens is 1. The number of carbonyl (C=O) groups is 1. The van der Waals surface area contributed by atoms with Crippen molar-refractivity contribution in [2.24, 2.45) is 0 Å². The van der Waals surface area contributed by atoms with Crippen molar-refractivity contribution in [1.82, 2.24) is 5.32 Å². The Hall–Kier alpha value is -2.84. The number of hydrogen-bond acceptors (Lipinski definition) is 4. The Morgan fingerprint density at radius 3 is 2.48 bits per heavy atom. The molecule has 1 amide bonds. The summed E-state index contributed by atoms with van der Waals surface area (Å²) < 4.78 is 34.5. The topological polar surface area (TPSA) is 75.7 Å². The normalized spacial score (nSPS) is 14.3. The molecule has 0 saturated carbocycles. The summed E-state index contributed by atoms with van der Waals surface area (Å²) in [5, 5.41) is 2.89. The van der Waals surface area contributed by atoms with Crippen molar-refractivity contribution >= 4 is 37.5 Å². The minimum atomic E-state index is -3.68. The number of aryl methyl sites for hydroxylation is 1. The highest BCUT2D eigenvalue weighted by Crippen LogP contribution is 2.32. The summed E-state index contributed by atoms with van der Waals surface area (Å²) in [6.07, 6.45) is 1.66. The van der Waals surface area contributed by atoms with Crippen LogP contribution in [0.4, 0.5) is 5.69 Å². The van der Waals surface area contributed by atoms with Gasteiger partial charge in [0, 0.05) is 11.0 Å².